The quantitative estimate of drug-likeness (QED) is 0.726. The Bertz CT molecular complexity index is 1100. The number of aryl methyl sites for hydroxylation is 2. The van der Waals surface area contributed by atoms with E-state index in [-0.39, 0.29) is 5.75 Å². The second-order valence-electron chi connectivity index (χ2n) is 7.81. The van der Waals surface area contributed by atoms with Crippen LogP contribution in [0.5, 0.6) is 5.75 Å². The minimum absolute atomic E-state index is 0.0528. The lowest BCUT2D eigenvalue weighted by atomic mass is 9.85. The van der Waals surface area contributed by atoms with Crippen LogP contribution in [-0.2, 0) is 0 Å². The summed E-state index contributed by atoms with van der Waals surface area (Å²) in [6.07, 6.45) is 2.36. The Morgan fingerprint density at radius 3 is 2.71 bits per heavy atom. The van der Waals surface area contributed by atoms with Crippen molar-refractivity contribution in [2.24, 2.45) is 0 Å². The molecule has 5 nitrogen and oxygen atoms in total. The zero-order valence-corrected chi connectivity index (χ0v) is 16.5. The van der Waals surface area contributed by atoms with Crippen LogP contribution in [0.2, 0.25) is 0 Å². The van der Waals surface area contributed by atoms with Crippen LogP contribution in [0, 0.1) is 25.2 Å². The van der Waals surface area contributed by atoms with E-state index in [0.29, 0.717) is 22.7 Å². The standard InChI is InChI=1S/C23H24N4O/c1-14-6-8-18-15(2)22(19-9-7-16(12-24)11-20(19)28)25-26-23(18)21(14)17-5-4-10-27(3)13-17/h6-9,11,17,28H,4-5,10,13H2,1-3H3/t17-/m1/s1. The lowest BCUT2D eigenvalue weighted by Crippen LogP contribution is -2.31. The molecule has 0 spiro atoms. The molecule has 1 aliphatic heterocycles. The van der Waals surface area contributed by atoms with Crippen molar-refractivity contribution in [2.45, 2.75) is 32.6 Å². The molecule has 1 aromatic heterocycles. The van der Waals surface area contributed by atoms with E-state index in [1.54, 1.807) is 12.1 Å². The van der Waals surface area contributed by atoms with Crippen molar-refractivity contribution in [3.63, 3.8) is 0 Å². The molecule has 2 heterocycles. The van der Waals surface area contributed by atoms with Crippen molar-refractivity contribution >= 4 is 10.9 Å². The molecule has 0 amide bonds. The number of aromatic hydroxyl groups is 1. The van der Waals surface area contributed by atoms with Gasteiger partial charge in [-0.1, -0.05) is 12.1 Å². The number of fused-ring (bicyclic) bond motifs is 1. The van der Waals surface area contributed by atoms with Gasteiger partial charge in [0.1, 0.15) is 11.4 Å². The summed E-state index contributed by atoms with van der Waals surface area (Å²) in [5.74, 6) is 0.516. The van der Waals surface area contributed by atoms with Crippen LogP contribution >= 0.6 is 0 Å². The number of rotatable bonds is 2. The molecule has 0 aliphatic carbocycles. The number of benzene rings is 2. The molecule has 3 aromatic rings. The van der Waals surface area contributed by atoms with Crippen LogP contribution in [0.4, 0.5) is 0 Å². The number of hydrogen-bond acceptors (Lipinski definition) is 5. The zero-order chi connectivity index (χ0) is 19.8. The first-order valence-corrected chi connectivity index (χ1v) is 9.68. The average Bonchev–Trinajstić information content (AvgIpc) is 2.68. The molecule has 4 rings (SSSR count). The van der Waals surface area contributed by atoms with E-state index in [9.17, 15) is 5.11 Å². The molecule has 5 heteroatoms. The van der Waals surface area contributed by atoms with E-state index in [1.807, 2.05) is 13.0 Å². The van der Waals surface area contributed by atoms with Gasteiger partial charge in [0, 0.05) is 17.5 Å². The lowest BCUT2D eigenvalue weighted by molar-refractivity contribution is 0.251. The van der Waals surface area contributed by atoms with E-state index in [0.717, 1.165) is 29.6 Å². The van der Waals surface area contributed by atoms with Crippen LogP contribution in [-0.4, -0.2) is 40.3 Å². The Balaban J connectivity index is 1.87. The maximum Gasteiger partial charge on any atom is 0.126 e. The molecule has 0 saturated carbocycles. The summed E-state index contributed by atoms with van der Waals surface area (Å²) in [7, 11) is 2.18. The Kier molecular flexibility index (Phi) is 4.74. The lowest BCUT2D eigenvalue weighted by Gasteiger charge is -2.31. The molecule has 1 atom stereocenters. The van der Waals surface area contributed by atoms with Crippen molar-refractivity contribution < 1.29 is 5.11 Å². The smallest absolute Gasteiger partial charge is 0.126 e. The fraction of sp³-hybridized carbons (Fsp3) is 0.348. The number of likely N-dealkylation sites (N-methyl/N-ethyl adjacent to an activating group) is 1. The minimum atomic E-state index is 0.0528. The summed E-state index contributed by atoms with van der Waals surface area (Å²) in [6.45, 7) is 6.36. The number of phenols is 1. The van der Waals surface area contributed by atoms with Crippen molar-refractivity contribution in [3.05, 3.63) is 52.6 Å². The maximum absolute atomic E-state index is 10.4. The van der Waals surface area contributed by atoms with Crippen LogP contribution in [0.15, 0.2) is 30.3 Å². The first-order valence-electron chi connectivity index (χ1n) is 9.68. The Morgan fingerprint density at radius 1 is 1.18 bits per heavy atom. The van der Waals surface area contributed by atoms with Crippen LogP contribution in [0.3, 0.4) is 0 Å². The Morgan fingerprint density at radius 2 is 2.00 bits per heavy atom. The van der Waals surface area contributed by atoms with Gasteiger partial charge >= 0.3 is 0 Å². The predicted molar refractivity (Wildman–Crippen MR) is 110 cm³/mol. The molecule has 1 saturated heterocycles. The summed E-state index contributed by atoms with van der Waals surface area (Å²) in [6, 6.07) is 11.2. The number of phenolic OH excluding ortho intramolecular Hbond substituents is 1. The van der Waals surface area contributed by atoms with Crippen molar-refractivity contribution in [3.8, 4) is 23.1 Å². The Labute approximate surface area is 165 Å². The van der Waals surface area contributed by atoms with E-state index in [4.69, 9.17) is 5.26 Å². The average molecular weight is 372 g/mol. The monoisotopic (exact) mass is 372 g/mol. The third-order valence-corrected chi connectivity index (χ3v) is 5.86. The number of likely N-dealkylation sites (tertiary alicyclic amines) is 1. The van der Waals surface area contributed by atoms with Crippen molar-refractivity contribution in [2.75, 3.05) is 20.1 Å². The SMILES string of the molecule is Cc1ccc2c(C)c(-c3ccc(C#N)cc3O)nnc2c1[C@@H]1CCCN(C)C1. The number of nitrogens with zero attached hydrogens (tertiary/aromatic N) is 4. The van der Waals surface area contributed by atoms with Gasteiger partial charge in [-0.2, -0.15) is 5.26 Å². The van der Waals surface area contributed by atoms with Gasteiger partial charge in [-0.05, 0) is 81.1 Å². The highest BCUT2D eigenvalue weighted by atomic mass is 16.3. The van der Waals surface area contributed by atoms with Gasteiger partial charge in [0.15, 0.2) is 0 Å². The first-order chi connectivity index (χ1) is 13.5. The van der Waals surface area contributed by atoms with Crippen molar-refractivity contribution in [1.29, 1.82) is 5.26 Å². The molecule has 1 aliphatic rings. The summed E-state index contributed by atoms with van der Waals surface area (Å²) in [4.78, 5) is 2.38. The van der Waals surface area contributed by atoms with Gasteiger partial charge in [-0.3, -0.25) is 0 Å². The second kappa shape index (κ2) is 7.21. The third-order valence-electron chi connectivity index (χ3n) is 5.86. The maximum atomic E-state index is 10.4. The molecule has 142 valence electrons. The van der Waals surface area contributed by atoms with E-state index in [1.165, 1.54) is 30.0 Å². The van der Waals surface area contributed by atoms with Gasteiger partial charge in [0.25, 0.3) is 0 Å². The molecule has 1 fully saturated rings. The zero-order valence-electron chi connectivity index (χ0n) is 16.5. The number of hydrogen-bond donors (Lipinski definition) is 1. The molecule has 0 unspecified atom stereocenters. The molecule has 2 aromatic carbocycles. The normalized spacial score (nSPS) is 17.6. The second-order valence-corrected chi connectivity index (χ2v) is 7.81. The van der Waals surface area contributed by atoms with E-state index in [2.05, 4.69) is 41.2 Å². The summed E-state index contributed by atoms with van der Waals surface area (Å²) < 4.78 is 0. The number of piperidine rings is 1. The minimum Gasteiger partial charge on any atom is -0.507 e. The highest BCUT2D eigenvalue weighted by Gasteiger charge is 2.24. The van der Waals surface area contributed by atoms with Gasteiger partial charge < -0.3 is 10.0 Å². The number of aromatic nitrogens is 2. The highest BCUT2D eigenvalue weighted by Crippen LogP contribution is 2.37. The summed E-state index contributed by atoms with van der Waals surface area (Å²) in [5.41, 5.74) is 6.21. The van der Waals surface area contributed by atoms with Crippen LogP contribution < -0.4 is 0 Å². The van der Waals surface area contributed by atoms with Crippen LogP contribution in [0.25, 0.3) is 22.2 Å². The Hall–Kier alpha value is -2.97. The molecule has 1 N–H and O–H groups in total. The van der Waals surface area contributed by atoms with E-state index >= 15 is 0 Å². The molecule has 28 heavy (non-hydrogen) atoms. The molecular weight excluding hydrogens is 348 g/mol. The summed E-state index contributed by atoms with van der Waals surface area (Å²) >= 11 is 0. The highest BCUT2D eigenvalue weighted by molar-refractivity contribution is 5.90. The van der Waals surface area contributed by atoms with Gasteiger partial charge in [-0.15, -0.1) is 10.2 Å². The molecule has 0 bridgehead atoms. The first kappa shape index (κ1) is 18.4. The predicted octanol–water partition coefficient (Wildman–Crippen LogP) is 4.30. The van der Waals surface area contributed by atoms with Gasteiger partial charge in [0.2, 0.25) is 0 Å². The fourth-order valence-corrected chi connectivity index (χ4v) is 4.40. The topological polar surface area (TPSA) is 73.0 Å². The van der Waals surface area contributed by atoms with Gasteiger partial charge in [0.05, 0.1) is 17.1 Å². The van der Waals surface area contributed by atoms with Crippen LogP contribution in [0.1, 0.15) is 41.0 Å². The van der Waals surface area contributed by atoms with Crippen molar-refractivity contribution in [1.82, 2.24) is 15.1 Å². The fourth-order valence-electron chi connectivity index (χ4n) is 4.40. The molecular formula is C23H24N4O. The van der Waals surface area contributed by atoms with Gasteiger partial charge in [-0.25, -0.2) is 0 Å². The third kappa shape index (κ3) is 3.10. The largest absolute Gasteiger partial charge is 0.507 e. The summed E-state index contributed by atoms with van der Waals surface area (Å²) in [5, 5.41) is 29.6. The number of nitriles is 1. The van der Waals surface area contributed by atoms with E-state index < -0.39 is 0 Å². The molecule has 0 radical (unpaired) electrons.